The number of aliphatic carboxylic acids is 1. The number of carboxylic acid groups (broad SMARTS) is 1. The van der Waals surface area contributed by atoms with E-state index < -0.39 is 24.5 Å². The molecule has 0 unspecified atom stereocenters. The number of carbonyl (C=O) groups excluding carboxylic acids is 2. The third kappa shape index (κ3) is 9.52. The molecule has 0 aliphatic heterocycles. The molecule has 0 spiro atoms. The maximum atomic E-state index is 12.3. The third-order valence-electron chi connectivity index (χ3n) is 3.35. The Kier molecular flexibility index (Phi) is 10.0. The molecule has 6 heteroatoms. The fraction of sp³-hybridized carbons (Fsp3) is 0.318. The summed E-state index contributed by atoms with van der Waals surface area (Å²) in [5.41, 5.74) is 1.29. The van der Waals surface area contributed by atoms with Crippen LogP contribution in [0, 0.1) is 5.92 Å². The highest BCUT2D eigenvalue weighted by Gasteiger charge is 2.22. The summed E-state index contributed by atoms with van der Waals surface area (Å²) < 4.78 is 0. The lowest BCUT2D eigenvalue weighted by Gasteiger charge is -2.18. The van der Waals surface area contributed by atoms with Crippen LogP contribution in [0.15, 0.2) is 60.7 Å². The summed E-state index contributed by atoms with van der Waals surface area (Å²) in [7, 11) is 0. The van der Waals surface area contributed by atoms with Crippen LogP contribution in [-0.2, 0) is 16.0 Å². The molecule has 0 radical (unpaired) electrons. The molecule has 2 aromatic carbocycles. The van der Waals surface area contributed by atoms with E-state index in [9.17, 15) is 14.4 Å². The zero-order valence-corrected chi connectivity index (χ0v) is 16.5. The monoisotopic (exact) mass is 384 g/mol. The molecule has 0 heterocycles. The minimum atomic E-state index is -1.14. The number of hydrogen-bond acceptors (Lipinski definition) is 3. The van der Waals surface area contributed by atoms with Crippen molar-refractivity contribution in [2.24, 2.45) is 5.92 Å². The average molecular weight is 384 g/mol. The first-order valence-electron chi connectivity index (χ1n) is 9.19. The van der Waals surface area contributed by atoms with E-state index in [0.29, 0.717) is 5.56 Å². The molecule has 0 fully saturated rings. The molecular formula is C22H28N2O4. The molecular weight excluding hydrogens is 356 g/mol. The largest absolute Gasteiger partial charge is 0.480 e. The van der Waals surface area contributed by atoms with Crippen molar-refractivity contribution in [3.63, 3.8) is 0 Å². The standard InChI is InChI=1S/C18H18N2O4.C4H10/c21-16(22)12-19-18(24)15(11-13-7-3-1-4-8-13)20-17(23)14-9-5-2-6-10-14;1-4(2)3/h1-10,15H,11-12H2,(H,19,24)(H,20,23)(H,21,22);4H,1-3H3/t15-;/m0./s1. The van der Waals surface area contributed by atoms with Crippen LogP contribution in [0.3, 0.4) is 0 Å². The van der Waals surface area contributed by atoms with Crippen molar-refractivity contribution >= 4 is 17.8 Å². The van der Waals surface area contributed by atoms with Crippen molar-refractivity contribution in [3.8, 4) is 0 Å². The minimum Gasteiger partial charge on any atom is -0.480 e. The van der Waals surface area contributed by atoms with E-state index in [2.05, 4.69) is 31.4 Å². The van der Waals surface area contributed by atoms with E-state index in [1.165, 1.54) is 0 Å². The van der Waals surface area contributed by atoms with E-state index in [-0.39, 0.29) is 12.3 Å². The van der Waals surface area contributed by atoms with Gasteiger partial charge in [-0.25, -0.2) is 0 Å². The summed E-state index contributed by atoms with van der Waals surface area (Å²) in [5, 5.41) is 13.7. The molecule has 3 N–H and O–H groups in total. The molecule has 2 amide bonds. The smallest absolute Gasteiger partial charge is 0.322 e. The van der Waals surface area contributed by atoms with Crippen molar-refractivity contribution in [2.45, 2.75) is 33.2 Å². The summed E-state index contributed by atoms with van der Waals surface area (Å²) in [5.74, 6) is -1.23. The van der Waals surface area contributed by atoms with Crippen LogP contribution in [0.2, 0.25) is 0 Å². The van der Waals surface area contributed by atoms with Crippen LogP contribution in [0.1, 0.15) is 36.7 Å². The number of rotatable bonds is 7. The van der Waals surface area contributed by atoms with Gasteiger partial charge in [0.05, 0.1) is 0 Å². The van der Waals surface area contributed by atoms with Gasteiger partial charge in [-0.1, -0.05) is 69.3 Å². The molecule has 0 aliphatic rings. The fourth-order valence-corrected chi connectivity index (χ4v) is 2.18. The number of amides is 2. The quantitative estimate of drug-likeness (QED) is 0.684. The van der Waals surface area contributed by atoms with Gasteiger partial charge in [-0.3, -0.25) is 14.4 Å². The molecule has 0 saturated carbocycles. The normalized spacial score (nSPS) is 11.0. The van der Waals surface area contributed by atoms with Crippen LogP contribution < -0.4 is 10.6 Å². The third-order valence-corrected chi connectivity index (χ3v) is 3.35. The molecule has 0 saturated heterocycles. The SMILES string of the molecule is CC(C)C.O=C(O)CNC(=O)[C@H](Cc1ccccc1)NC(=O)c1ccccc1. The second kappa shape index (κ2) is 12.3. The van der Waals surface area contributed by atoms with Crippen LogP contribution >= 0.6 is 0 Å². The highest BCUT2D eigenvalue weighted by Crippen LogP contribution is 2.05. The topological polar surface area (TPSA) is 95.5 Å². The number of hydrogen-bond donors (Lipinski definition) is 3. The van der Waals surface area contributed by atoms with E-state index in [4.69, 9.17) is 5.11 Å². The average Bonchev–Trinajstić information content (AvgIpc) is 2.66. The second-order valence-corrected chi connectivity index (χ2v) is 6.93. The summed E-state index contributed by atoms with van der Waals surface area (Å²) in [6, 6.07) is 16.9. The lowest BCUT2D eigenvalue weighted by atomic mass is 10.0. The molecule has 0 aromatic heterocycles. The van der Waals surface area contributed by atoms with Crippen molar-refractivity contribution in [2.75, 3.05) is 6.54 Å². The van der Waals surface area contributed by atoms with Gasteiger partial charge >= 0.3 is 5.97 Å². The molecule has 0 bridgehead atoms. The van der Waals surface area contributed by atoms with Crippen LogP contribution in [0.4, 0.5) is 0 Å². The van der Waals surface area contributed by atoms with E-state index in [1.54, 1.807) is 30.3 Å². The van der Waals surface area contributed by atoms with Gasteiger partial charge in [0.15, 0.2) is 0 Å². The van der Waals surface area contributed by atoms with Gasteiger partial charge < -0.3 is 15.7 Å². The van der Waals surface area contributed by atoms with Gasteiger partial charge in [0.25, 0.3) is 5.91 Å². The fourth-order valence-electron chi connectivity index (χ4n) is 2.18. The number of benzene rings is 2. The number of nitrogens with one attached hydrogen (secondary N) is 2. The van der Waals surface area contributed by atoms with E-state index in [1.807, 2.05) is 30.3 Å². The van der Waals surface area contributed by atoms with Gasteiger partial charge in [-0.2, -0.15) is 0 Å². The molecule has 1 atom stereocenters. The summed E-state index contributed by atoms with van der Waals surface area (Å²) >= 11 is 0. The van der Waals surface area contributed by atoms with E-state index >= 15 is 0 Å². The Labute approximate surface area is 166 Å². The first-order valence-corrected chi connectivity index (χ1v) is 9.19. The van der Waals surface area contributed by atoms with Crippen molar-refractivity contribution in [1.29, 1.82) is 0 Å². The Morgan fingerprint density at radius 3 is 1.89 bits per heavy atom. The summed E-state index contributed by atoms with van der Waals surface area (Å²) in [6.07, 6.45) is 0.269. The Morgan fingerprint density at radius 1 is 0.893 bits per heavy atom. The zero-order chi connectivity index (χ0) is 20.9. The van der Waals surface area contributed by atoms with Gasteiger partial charge in [0, 0.05) is 12.0 Å². The maximum Gasteiger partial charge on any atom is 0.322 e. The zero-order valence-electron chi connectivity index (χ0n) is 16.5. The van der Waals surface area contributed by atoms with Crippen LogP contribution in [0.5, 0.6) is 0 Å². The van der Waals surface area contributed by atoms with Crippen molar-refractivity contribution < 1.29 is 19.5 Å². The van der Waals surface area contributed by atoms with Gasteiger partial charge in [-0.15, -0.1) is 0 Å². The van der Waals surface area contributed by atoms with E-state index in [0.717, 1.165) is 11.5 Å². The minimum absolute atomic E-state index is 0.269. The van der Waals surface area contributed by atoms with Gasteiger partial charge in [0.2, 0.25) is 5.91 Å². The summed E-state index contributed by atoms with van der Waals surface area (Å²) in [6.45, 7) is 6.01. The molecule has 2 rings (SSSR count). The van der Waals surface area contributed by atoms with Crippen LogP contribution in [0.25, 0.3) is 0 Å². The molecule has 2 aromatic rings. The first kappa shape index (κ1) is 22.9. The lowest BCUT2D eigenvalue weighted by molar-refractivity contribution is -0.138. The van der Waals surface area contributed by atoms with Crippen molar-refractivity contribution in [3.05, 3.63) is 71.8 Å². The Balaban J connectivity index is 0.000000892. The Hall–Kier alpha value is -3.15. The first-order chi connectivity index (χ1) is 13.3. The lowest BCUT2D eigenvalue weighted by Crippen LogP contribution is -2.49. The van der Waals surface area contributed by atoms with Gasteiger partial charge in [0.1, 0.15) is 12.6 Å². The number of carbonyl (C=O) groups is 3. The molecule has 0 aliphatic carbocycles. The predicted molar refractivity (Wildman–Crippen MR) is 109 cm³/mol. The Morgan fingerprint density at radius 2 is 1.39 bits per heavy atom. The number of carboxylic acids is 1. The molecule has 28 heavy (non-hydrogen) atoms. The Bertz CT molecular complexity index is 743. The highest BCUT2D eigenvalue weighted by molar-refractivity contribution is 5.97. The highest BCUT2D eigenvalue weighted by atomic mass is 16.4. The predicted octanol–water partition coefficient (Wildman–Crippen LogP) is 2.89. The van der Waals surface area contributed by atoms with Gasteiger partial charge in [-0.05, 0) is 23.6 Å². The maximum absolute atomic E-state index is 12.3. The second-order valence-electron chi connectivity index (χ2n) is 6.93. The molecule has 150 valence electrons. The van der Waals surface area contributed by atoms with Crippen LogP contribution in [-0.4, -0.2) is 35.5 Å². The van der Waals surface area contributed by atoms with Crippen molar-refractivity contribution in [1.82, 2.24) is 10.6 Å². The summed E-state index contributed by atoms with van der Waals surface area (Å²) in [4.78, 5) is 35.1. The molecule has 6 nitrogen and oxygen atoms in total.